The highest BCUT2D eigenvalue weighted by molar-refractivity contribution is 9.10. The molecule has 1 N–H and O–H groups in total. The first-order valence-electron chi connectivity index (χ1n) is 6.29. The molecular formula is C16H12BrFO3. The third-order valence-corrected chi connectivity index (χ3v) is 3.99. The minimum absolute atomic E-state index is 0.341. The highest BCUT2D eigenvalue weighted by Crippen LogP contribution is 2.34. The molecule has 0 radical (unpaired) electrons. The van der Waals surface area contributed by atoms with Gasteiger partial charge < -0.3 is 14.3 Å². The van der Waals surface area contributed by atoms with Gasteiger partial charge in [0.05, 0.1) is 7.11 Å². The van der Waals surface area contributed by atoms with Crippen LogP contribution in [0.4, 0.5) is 4.39 Å². The lowest BCUT2D eigenvalue weighted by Crippen LogP contribution is -1.99. The Bertz CT molecular complexity index is 797. The zero-order valence-electron chi connectivity index (χ0n) is 11.1. The molecule has 0 amide bonds. The predicted molar refractivity (Wildman–Crippen MR) is 80.9 cm³/mol. The molecule has 0 fully saturated rings. The fourth-order valence-electron chi connectivity index (χ4n) is 2.18. The normalized spacial score (nSPS) is 12.6. The fraction of sp³-hybridized carbons (Fsp3) is 0.125. The molecule has 1 heterocycles. The lowest BCUT2D eigenvalue weighted by molar-refractivity contribution is 0.191. The van der Waals surface area contributed by atoms with Crippen LogP contribution in [0.2, 0.25) is 0 Å². The van der Waals surface area contributed by atoms with E-state index in [1.807, 2.05) is 0 Å². The van der Waals surface area contributed by atoms with E-state index in [1.54, 1.807) is 37.4 Å². The molecule has 0 aliphatic carbocycles. The maximum Gasteiger partial charge on any atom is 0.138 e. The maximum absolute atomic E-state index is 13.2. The van der Waals surface area contributed by atoms with Crippen LogP contribution in [0.3, 0.4) is 0 Å². The van der Waals surface area contributed by atoms with Crippen LogP contribution in [-0.2, 0) is 0 Å². The summed E-state index contributed by atoms with van der Waals surface area (Å²) in [6, 6.07) is 11.2. The Hall–Kier alpha value is -1.85. The number of rotatable bonds is 3. The van der Waals surface area contributed by atoms with E-state index < -0.39 is 6.10 Å². The summed E-state index contributed by atoms with van der Waals surface area (Å²) in [5.41, 5.74) is 1.15. The largest absolute Gasteiger partial charge is 0.497 e. The molecule has 5 heteroatoms. The van der Waals surface area contributed by atoms with E-state index in [0.29, 0.717) is 28.0 Å². The number of furan rings is 1. The summed E-state index contributed by atoms with van der Waals surface area (Å²) in [5.74, 6) is 0.644. The van der Waals surface area contributed by atoms with Crippen molar-refractivity contribution < 1.29 is 18.7 Å². The van der Waals surface area contributed by atoms with Crippen molar-refractivity contribution in [2.75, 3.05) is 7.11 Å². The first-order valence-corrected chi connectivity index (χ1v) is 7.08. The molecule has 3 rings (SSSR count). The molecule has 108 valence electrons. The van der Waals surface area contributed by atoms with Gasteiger partial charge in [0.2, 0.25) is 0 Å². The topological polar surface area (TPSA) is 42.6 Å². The third kappa shape index (κ3) is 2.66. The van der Waals surface area contributed by atoms with Gasteiger partial charge in [-0.05, 0) is 42.5 Å². The molecule has 0 saturated heterocycles. The van der Waals surface area contributed by atoms with E-state index in [-0.39, 0.29) is 5.82 Å². The van der Waals surface area contributed by atoms with Gasteiger partial charge in [-0.15, -0.1) is 0 Å². The van der Waals surface area contributed by atoms with Crippen LogP contribution in [-0.4, -0.2) is 12.2 Å². The number of aliphatic hydroxyl groups excluding tert-OH is 1. The van der Waals surface area contributed by atoms with E-state index in [2.05, 4.69) is 15.9 Å². The van der Waals surface area contributed by atoms with Gasteiger partial charge in [0.1, 0.15) is 29.0 Å². The Kier molecular flexibility index (Phi) is 3.69. The standard InChI is InChI=1S/C16H12BrFO3/c1-20-11-3-4-13(17)12(8-11)16(19)15-7-9-6-10(18)2-5-14(9)21-15/h2-8,16,19H,1H3. The SMILES string of the molecule is COc1ccc(Br)c(C(O)c2cc3cc(F)ccc3o2)c1. The van der Waals surface area contributed by atoms with E-state index >= 15 is 0 Å². The number of halogens is 2. The summed E-state index contributed by atoms with van der Waals surface area (Å²) in [4.78, 5) is 0. The number of hydrogen-bond acceptors (Lipinski definition) is 3. The molecule has 1 aromatic heterocycles. The summed E-state index contributed by atoms with van der Waals surface area (Å²) < 4.78 is 24.7. The minimum Gasteiger partial charge on any atom is -0.497 e. The van der Waals surface area contributed by atoms with Crippen LogP contribution in [0.1, 0.15) is 17.4 Å². The molecule has 0 aliphatic rings. The quantitative estimate of drug-likeness (QED) is 0.759. The number of aliphatic hydroxyl groups is 1. The van der Waals surface area contributed by atoms with Crippen LogP contribution in [0.15, 0.2) is 51.4 Å². The number of fused-ring (bicyclic) bond motifs is 1. The number of ether oxygens (including phenoxy) is 1. The number of benzene rings is 2. The van der Waals surface area contributed by atoms with Gasteiger partial charge in [-0.1, -0.05) is 15.9 Å². The van der Waals surface area contributed by atoms with Crippen molar-refractivity contribution in [2.45, 2.75) is 6.10 Å². The summed E-state index contributed by atoms with van der Waals surface area (Å²) in [7, 11) is 1.56. The highest BCUT2D eigenvalue weighted by Gasteiger charge is 2.19. The van der Waals surface area contributed by atoms with Gasteiger partial charge in [-0.25, -0.2) is 4.39 Å². The van der Waals surface area contributed by atoms with Crippen LogP contribution in [0, 0.1) is 5.82 Å². The van der Waals surface area contributed by atoms with Crippen LogP contribution >= 0.6 is 15.9 Å². The maximum atomic E-state index is 13.2. The first-order chi connectivity index (χ1) is 10.1. The Morgan fingerprint density at radius 3 is 2.76 bits per heavy atom. The van der Waals surface area contributed by atoms with E-state index in [9.17, 15) is 9.50 Å². The smallest absolute Gasteiger partial charge is 0.138 e. The van der Waals surface area contributed by atoms with E-state index in [1.165, 1.54) is 12.1 Å². The van der Waals surface area contributed by atoms with Crippen molar-refractivity contribution in [3.05, 3.63) is 64.1 Å². The average molecular weight is 351 g/mol. The molecule has 0 bridgehead atoms. The summed E-state index contributed by atoms with van der Waals surface area (Å²) >= 11 is 3.40. The molecule has 1 unspecified atom stereocenters. The molecule has 3 nitrogen and oxygen atoms in total. The van der Waals surface area contributed by atoms with Gasteiger partial charge in [-0.3, -0.25) is 0 Å². The molecular weight excluding hydrogens is 339 g/mol. The number of hydrogen-bond donors (Lipinski definition) is 1. The van der Waals surface area contributed by atoms with Gasteiger partial charge in [0, 0.05) is 15.4 Å². The van der Waals surface area contributed by atoms with Crippen molar-refractivity contribution >= 4 is 26.9 Å². The average Bonchev–Trinajstić information content (AvgIpc) is 2.90. The Balaban J connectivity index is 2.05. The zero-order chi connectivity index (χ0) is 15.0. The van der Waals surface area contributed by atoms with Crippen molar-refractivity contribution in [2.24, 2.45) is 0 Å². The second-order valence-corrected chi connectivity index (χ2v) is 5.48. The Labute approximate surface area is 129 Å². The van der Waals surface area contributed by atoms with Gasteiger partial charge in [-0.2, -0.15) is 0 Å². The minimum atomic E-state index is -0.968. The molecule has 1 atom stereocenters. The Morgan fingerprint density at radius 2 is 2.00 bits per heavy atom. The predicted octanol–water partition coefficient (Wildman–Crippen LogP) is 4.42. The number of methoxy groups -OCH3 is 1. The second kappa shape index (κ2) is 5.50. The van der Waals surface area contributed by atoms with Gasteiger partial charge in [0.15, 0.2) is 0 Å². The Morgan fingerprint density at radius 1 is 1.19 bits per heavy atom. The van der Waals surface area contributed by atoms with Crippen LogP contribution in [0.5, 0.6) is 5.75 Å². The fourth-order valence-corrected chi connectivity index (χ4v) is 2.64. The lowest BCUT2D eigenvalue weighted by Gasteiger charge is -2.11. The van der Waals surface area contributed by atoms with Crippen molar-refractivity contribution in [1.82, 2.24) is 0 Å². The molecule has 0 aliphatic heterocycles. The summed E-state index contributed by atoms with van der Waals surface area (Å²) in [6.45, 7) is 0. The first kappa shape index (κ1) is 14.1. The van der Waals surface area contributed by atoms with Crippen LogP contribution < -0.4 is 4.74 Å². The van der Waals surface area contributed by atoms with Crippen molar-refractivity contribution in [3.8, 4) is 5.75 Å². The molecule has 3 aromatic rings. The molecule has 0 saturated carbocycles. The summed E-state index contributed by atoms with van der Waals surface area (Å²) in [5, 5.41) is 11.1. The molecule has 2 aromatic carbocycles. The van der Waals surface area contributed by atoms with E-state index in [0.717, 1.165) is 4.47 Å². The van der Waals surface area contributed by atoms with Crippen LogP contribution in [0.25, 0.3) is 11.0 Å². The zero-order valence-corrected chi connectivity index (χ0v) is 12.7. The third-order valence-electron chi connectivity index (χ3n) is 3.26. The monoisotopic (exact) mass is 350 g/mol. The molecule has 21 heavy (non-hydrogen) atoms. The van der Waals surface area contributed by atoms with Crippen molar-refractivity contribution in [1.29, 1.82) is 0 Å². The highest BCUT2D eigenvalue weighted by atomic mass is 79.9. The molecule has 0 spiro atoms. The summed E-state index contributed by atoms with van der Waals surface area (Å²) in [6.07, 6.45) is -0.968. The van der Waals surface area contributed by atoms with Gasteiger partial charge in [0.25, 0.3) is 0 Å². The second-order valence-electron chi connectivity index (χ2n) is 4.62. The van der Waals surface area contributed by atoms with Crippen molar-refractivity contribution in [3.63, 3.8) is 0 Å². The van der Waals surface area contributed by atoms with Gasteiger partial charge >= 0.3 is 0 Å². The van der Waals surface area contributed by atoms with E-state index in [4.69, 9.17) is 9.15 Å². The lowest BCUT2D eigenvalue weighted by atomic mass is 10.1.